The van der Waals surface area contributed by atoms with Crippen LogP contribution in [-0.4, -0.2) is 71.5 Å². The highest BCUT2D eigenvalue weighted by molar-refractivity contribution is 5.28. The Balaban J connectivity index is 0.000000861. The molecule has 0 aromatic carbocycles. The van der Waals surface area contributed by atoms with E-state index in [1.54, 1.807) is 7.11 Å². The van der Waals surface area contributed by atoms with Crippen molar-refractivity contribution in [2.75, 3.05) is 40.9 Å². The summed E-state index contributed by atoms with van der Waals surface area (Å²) in [4.78, 5) is 0. The summed E-state index contributed by atoms with van der Waals surface area (Å²) in [6.45, 7) is 8.79. The first-order valence-corrected chi connectivity index (χ1v) is 13.4. The molecule has 2 aromatic heterocycles. The first kappa shape index (κ1) is 28.3. The van der Waals surface area contributed by atoms with E-state index >= 15 is 0 Å². The Morgan fingerprint density at radius 2 is 1.69 bits per heavy atom. The van der Waals surface area contributed by atoms with E-state index in [2.05, 4.69) is 75.4 Å². The largest absolute Gasteiger partial charge is 0.383 e. The van der Waals surface area contributed by atoms with Crippen LogP contribution in [0.25, 0.3) is 0 Å². The second-order valence-corrected chi connectivity index (χ2v) is 10.2. The molecular weight excluding hydrogens is 454 g/mol. The second kappa shape index (κ2) is 13.3. The third-order valence-corrected chi connectivity index (χ3v) is 7.54. The molecule has 0 amide bonds. The molecule has 2 aliphatic carbocycles. The van der Waals surface area contributed by atoms with Gasteiger partial charge in [-0.3, -0.25) is 14.4 Å². The molecule has 3 aliphatic rings. The molecule has 3 atom stereocenters. The highest BCUT2D eigenvalue weighted by atomic mass is 16.5. The fraction of sp³-hybridized carbons (Fsp3) is 0.769. The Morgan fingerprint density at radius 1 is 1.03 bits per heavy atom. The zero-order valence-corrected chi connectivity index (χ0v) is 23.0. The van der Waals surface area contributed by atoms with Gasteiger partial charge in [-0.25, -0.2) is 0 Å². The number of rotatable bonds is 11. The highest BCUT2D eigenvalue weighted by Gasteiger charge is 2.47. The molecule has 3 heterocycles. The van der Waals surface area contributed by atoms with Crippen molar-refractivity contribution in [1.29, 1.82) is 0 Å². The average Bonchev–Trinajstić information content (AvgIpc) is 3.76. The van der Waals surface area contributed by atoms with Gasteiger partial charge in [0.2, 0.25) is 0 Å². The molecule has 10 heteroatoms. The lowest BCUT2D eigenvalue weighted by Crippen LogP contribution is -2.38. The first-order valence-electron chi connectivity index (χ1n) is 13.4. The Hall–Kier alpha value is -2.30. The van der Waals surface area contributed by atoms with Crippen molar-refractivity contribution in [3.8, 4) is 0 Å². The number of ether oxygens (including phenoxy) is 1. The topological polar surface area (TPSA) is 125 Å². The van der Waals surface area contributed by atoms with Gasteiger partial charge in [0.15, 0.2) is 0 Å². The van der Waals surface area contributed by atoms with Gasteiger partial charge in [-0.1, -0.05) is 5.22 Å². The van der Waals surface area contributed by atoms with Gasteiger partial charge in [-0.15, -0.1) is 0 Å². The zero-order valence-electron chi connectivity index (χ0n) is 23.0. The lowest BCUT2D eigenvalue weighted by atomic mass is 9.78. The molecule has 2 saturated carbocycles. The summed E-state index contributed by atoms with van der Waals surface area (Å²) in [6, 6.07) is 2.99. The maximum absolute atomic E-state index is 5.25. The molecular formula is C26H47N9O. The molecule has 5 rings (SSSR count). The Bertz CT molecular complexity index is 919. The van der Waals surface area contributed by atoms with Crippen molar-refractivity contribution in [1.82, 2.24) is 24.6 Å². The van der Waals surface area contributed by atoms with Crippen molar-refractivity contribution in [3.63, 3.8) is 0 Å². The number of hydrogen-bond donors (Lipinski definition) is 2. The van der Waals surface area contributed by atoms with Crippen molar-refractivity contribution in [2.45, 2.75) is 70.5 Å². The highest BCUT2D eigenvalue weighted by Crippen LogP contribution is 2.56. The van der Waals surface area contributed by atoms with E-state index < -0.39 is 0 Å². The van der Waals surface area contributed by atoms with Gasteiger partial charge in [0.05, 0.1) is 38.0 Å². The molecule has 10 nitrogen and oxygen atoms in total. The van der Waals surface area contributed by atoms with Crippen LogP contribution in [0, 0.1) is 17.8 Å². The van der Waals surface area contributed by atoms with E-state index in [9.17, 15) is 0 Å². The van der Waals surface area contributed by atoms with E-state index in [4.69, 9.17) is 14.9 Å². The quantitative estimate of drug-likeness (QED) is 0.484. The van der Waals surface area contributed by atoms with Crippen molar-refractivity contribution in [3.05, 3.63) is 35.9 Å². The fourth-order valence-corrected chi connectivity index (χ4v) is 5.56. The van der Waals surface area contributed by atoms with Crippen LogP contribution in [-0.2, 0) is 4.74 Å². The standard InChI is InChI=1S/C24H37N7O.2CH5N/c1-16(2)31-21(9-10-26-31)24(23(18-5-6-18)19-7-8-19)20-13-27-30(15-20)17(3)22-14-25-28-29(22)11-12-32-4;2*1-2/h9-10,13,15-19,22-24H,5-8,11-12,14H2,1-4H3;2*2H2,1H3. The summed E-state index contributed by atoms with van der Waals surface area (Å²) >= 11 is 0. The molecule has 2 aromatic rings. The molecule has 1 aliphatic heterocycles. The van der Waals surface area contributed by atoms with Crippen LogP contribution in [0.5, 0.6) is 0 Å². The number of nitrogens with zero attached hydrogens (tertiary/aromatic N) is 7. The van der Waals surface area contributed by atoms with E-state index in [0.717, 1.165) is 18.4 Å². The lowest BCUT2D eigenvalue weighted by Gasteiger charge is -2.29. The van der Waals surface area contributed by atoms with Gasteiger partial charge in [-0.2, -0.15) is 15.3 Å². The van der Waals surface area contributed by atoms with Crippen LogP contribution in [0.2, 0.25) is 0 Å². The van der Waals surface area contributed by atoms with Crippen LogP contribution in [0.4, 0.5) is 0 Å². The predicted molar refractivity (Wildman–Crippen MR) is 143 cm³/mol. The fourth-order valence-electron chi connectivity index (χ4n) is 5.56. The minimum Gasteiger partial charge on any atom is -0.383 e. The summed E-state index contributed by atoms with van der Waals surface area (Å²) in [6.07, 6.45) is 11.9. The monoisotopic (exact) mass is 501 g/mol. The average molecular weight is 502 g/mol. The van der Waals surface area contributed by atoms with Gasteiger partial charge in [0, 0.05) is 37.2 Å². The van der Waals surface area contributed by atoms with Gasteiger partial charge >= 0.3 is 0 Å². The second-order valence-electron chi connectivity index (χ2n) is 10.2. The number of aromatic nitrogens is 4. The Kier molecular flexibility index (Phi) is 10.4. The van der Waals surface area contributed by atoms with Gasteiger partial charge in [0.25, 0.3) is 0 Å². The summed E-state index contributed by atoms with van der Waals surface area (Å²) in [5, 5.41) is 20.2. The van der Waals surface area contributed by atoms with Crippen LogP contribution < -0.4 is 11.5 Å². The maximum Gasteiger partial charge on any atom is 0.0923 e. The van der Waals surface area contributed by atoms with Crippen molar-refractivity contribution in [2.24, 2.45) is 39.6 Å². The van der Waals surface area contributed by atoms with Crippen molar-refractivity contribution >= 4 is 0 Å². The maximum atomic E-state index is 5.25. The number of hydrogen-bond acceptors (Lipinski definition) is 8. The van der Waals surface area contributed by atoms with Crippen LogP contribution in [0.15, 0.2) is 35.0 Å². The summed E-state index contributed by atoms with van der Waals surface area (Å²) in [5.41, 5.74) is 11.7. The molecule has 3 unspecified atom stereocenters. The molecule has 0 radical (unpaired) electrons. The van der Waals surface area contributed by atoms with E-state index in [-0.39, 0.29) is 12.1 Å². The normalized spacial score (nSPS) is 20.7. The van der Waals surface area contributed by atoms with Gasteiger partial charge in [0.1, 0.15) is 0 Å². The van der Waals surface area contributed by atoms with E-state index in [1.807, 2.05) is 6.20 Å². The molecule has 2 fully saturated rings. The van der Waals surface area contributed by atoms with Gasteiger partial charge in [-0.05, 0) is 89.9 Å². The molecule has 0 bridgehead atoms. The zero-order chi connectivity index (χ0) is 26.2. The predicted octanol–water partition coefficient (Wildman–Crippen LogP) is 3.64. The van der Waals surface area contributed by atoms with E-state index in [1.165, 1.54) is 51.0 Å². The van der Waals surface area contributed by atoms with Crippen molar-refractivity contribution < 1.29 is 4.74 Å². The third-order valence-electron chi connectivity index (χ3n) is 7.54. The van der Waals surface area contributed by atoms with Gasteiger partial charge < -0.3 is 16.2 Å². The third kappa shape index (κ3) is 6.33. The summed E-state index contributed by atoms with van der Waals surface area (Å²) in [5.74, 6) is 2.76. The number of nitrogens with two attached hydrogens (primary N) is 2. The first-order chi connectivity index (χ1) is 17.6. The Labute approximate surface area is 216 Å². The smallest absolute Gasteiger partial charge is 0.0923 e. The Morgan fingerprint density at radius 3 is 2.28 bits per heavy atom. The van der Waals surface area contributed by atoms with Crippen LogP contribution >= 0.6 is 0 Å². The molecule has 4 N–H and O–H groups in total. The minimum atomic E-state index is 0.187. The minimum absolute atomic E-state index is 0.187. The molecule has 36 heavy (non-hydrogen) atoms. The number of methoxy groups -OCH3 is 1. The molecule has 0 saturated heterocycles. The van der Waals surface area contributed by atoms with Crippen LogP contribution in [0.3, 0.4) is 0 Å². The van der Waals surface area contributed by atoms with E-state index in [0.29, 0.717) is 31.0 Å². The molecule has 0 spiro atoms. The summed E-state index contributed by atoms with van der Waals surface area (Å²) < 4.78 is 9.62. The molecule has 202 valence electrons. The lowest BCUT2D eigenvalue weighted by molar-refractivity contribution is 0.116. The van der Waals surface area contributed by atoms with Crippen LogP contribution in [0.1, 0.15) is 75.7 Å². The summed E-state index contributed by atoms with van der Waals surface area (Å²) in [7, 11) is 4.73. The SMILES string of the molecule is CN.CN.COCCN1N=NCC1C(C)n1cc(C(c2ccnn2C(C)C)C(C2CC2)C2CC2)cn1.